The van der Waals surface area contributed by atoms with Crippen LogP contribution in [0.1, 0.15) is 30.0 Å². The number of anilines is 1. The highest BCUT2D eigenvalue weighted by Gasteiger charge is 2.12. The highest BCUT2D eigenvalue weighted by atomic mass is 32.1. The standard InChI is InChI=1S/C13H17N5S2/c1-10-15-16-13(19)18(10)14-9-11-5-6-12(20-11)17-7-3-2-4-8-17/h5-6,9H,2-4,7-8H2,1H3,(H,16,19)/b14-9-. The van der Waals surface area contributed by atoms with Crippen molar-refractivity contribution in [2.45, 2.75) is 26.2 Å². The summed E-state index contributed by atoms with van der Waals surface area (Å²) in [6.45, 7) is 4.21. The number of H-pyrrole nitrogens is 1. The average molecular weight is 307 g/mol. The molecule has 2 aromatic heterocycles. The molecule has 1 fully saturated rings. The van der Waals surface area contributed by atoms with Crippen LogP contribution in [0.4, 0.5) is 5.00 Å². The van der Waals surface area contributed by atoms with Crippen molar-refractivity contribution in [2.75, 3.05) is 18.0 Å². The predicted molar refractivity (Wildman–Crippen MR) is 85.5 cm³/mol. The summed E-state index contributed by atoms with van der Waals surface area (Å²) in [5.41, 5.74) is 0. The number of aromatic amines is 1. The number of nitrogens with one attached hydrogen (secondary N) is 1. The number of hydrogen-bond donors (Lipinski definition) is 1. The summed E-state index contributed by atoms with van der Waals surface area (Å²) in [7, 11) is 0. The van der Waals surface area contributed by atoms with E-state index >= 15 is 0 Å². The molecule has 3 heterocycles. The van der Waals surface area contributed by atoms with Gasteiger partial charge < -0.3 is 4.90 Å². The molecular weight excluding hydrogens is 290 g/mol. The Bertz CT molecular complexity index is 660. The topological polar surface area (TPSA) is 49.2 Å². The van der Waals surface area contributed by atoms with Crippen molar-refractivity contribution in [3.8, 4) is 0 Å². The van der Waals surface area contributed by atoms with Crippen LogP contribution in [0.15, 0.2) is 17.2 Å². The monoisotopic (exact) mass is 307 g/mol. The fourth-order valence-corrected chi connectivity index (χ4v) is 3.47. The lowest BCUT2D eigenvalue weighted by Crippen LogP contribution is -2.28. The fraction of sp³-hybridized carbons (Fsp3) is 0.462. The van der Waals surface area contributed by atoms with E-state index in [1.807, 2.05) is 13.1 Å². The van der Waals surface area contributed by atoms with Gasteiger partial charge in [0.1, 0.15) is 5.82 Å². The third-order valence-corrected chi connectivity index (χ3v) is 4.74. The van der Waals surface area contributed by atoms with Crippen LogP contribution in [-0.2, 0) is 0 Å². The van der Waals surface area contributed by atoms with Crippen molar-refractivity contribution in [1.82, 2.24) is 14.9 Å². The van der Waals surface area contributed by atoms with Crippen LogP contribution in [0.25, 0.3) is 0 Å². The van der Waals surface area contributed by atoms with Crippen molar-refractivity contribution < 1.29 is 0 Å². The molecule has 2 aromatic rings. The van der Waals surface area contributed by atoms with Gasteiger partial charge >= 0.3 is 0 Å². The Kier molecular flexibility index (Phi) is 3.98. The number of hydrogen-bond acceptors (Lipinski definition) is 5. The second kappa shape index (κ2) is 5.88. The maximum Gasteiger partial charge on any atom is 0.216 e. The molecule has 0 amide bonds. The van der Waals surface area contributed by atoms with Gasteiger partial charge in [-0.05, 0) is 50.5 Å². The Morgan fingerprint density at radius 1 is 1.35 bits per heavy atom. The summed E-state index contributed by atoms with van der Waals surface area (Å²) in [6, 6.07) is 4.29. The lowest BCUT2D eigenvalue weighted by molar-refractivity contribution is 0.580. The van der Waals surface area contributed by atoms with Crippen LogP contribution in [0, 0.1) is 11.7 Å². The summed E-state index contributed by atoms with van der Waals surface area (Å²) in [5, 5.41) is 12.5. The molecule has 106 valence electrons. The van der Waals surface area contributed by atoms with E-state index in [9.17, 15) is 0 Å². The van der Waals surface area contributed by atoms with E-state index in [1.54, 1.807) is 16.0 Å². The van der Waals surface area contributed by atoms with Gasteiger partial charge in [-0.2, -0.15) is 14.9 Å². The molecule has 0 aliphatic carbocycles. The van der Waals surface area contributed by atoms with Crippen LogP contribution in [0.3, 0.4) is 0 Å². The normalized spacial score (nSPS) is 16.1. The number of piperidine rings is 1. The average Bonchev–Trinajstić information content (AvgIpc) is 3.06. The predicted octanol–water partition coefficient (Wildman–Crippen LogP) is 3.18. The highest BCUT2D eigenvalue weighted by molar-refractivity contribution is 7.71. The van der Waals surface area contributed by atoms with Gasteiger partial charge in [0.15, 0.2) is 0 Å². The number of aryl methyl sites for hydroxylation is 1. The minimum Gasteiger partial charge on any atom is -0.363 e. The van der Waals surface area contributed by atoms with Gasteiger partial charge in [0.2, 0.25) is 4.77 Å². The first-order valence-electron chi connectivity index (χ1n) is 6.77. The van der Waals surface area contributed by atoms with Gasteiger partial charge in [-0.3, -0.25) is 5.10 Å². The highest BCUT2D eigenvalue weighted by Crippen LogP contribution is 2.27. The van der Waals surface area contributed by atoms with Crippen LogP contribution in [0.5, 0.6) is 0 Å². The molecule has 1 aliphatic rings. The Morgan fingerprint density at radius 3 is 2.85 bits per heavy atom. The molecule has 0 spiro atoms. The first kappa shape index (κ1) is 13.5. The second-order valence-electron chi connectivity index (χ2n) is 4.86. The van der Waals surface area contributed by atoms with Crippen molar-refractivity contribution >= 4 is 34.8 Å². The second-order valence-corrected chi connectivity index (χ2v) is 6.34. The van der Waals surface area contributed by atoms with E-state index in [0.29, 0.717) is 4.77 Å². The van der Waals surface area contributed by atoms with E-state index in [1.165, 1.54) is 37.4 Å². The number of thiophene rings is 1. The summed E-state index contributed by atoms with van der Waals surface area (Å²) in [4.78, 5) is 3.59. The maximum absolute atomic E-state index is 5.12. The molecule has 1 aliphatic heterocycles. The minimum atomic E-state index is 0.520. The summed E-state index contributed by atoms with van der Waals surface area (Å²) in [5.74, 6) is 0.763. The first-order chi connectivity index (χ1) is 9.74. The first-order valence-corrected chi connectivity index (χ1v) is 8.00. The largest absolute Gasteiger partial charge is 0.363 e. The van der Waals surface area contributed by atoms with Crippen molar-refractivity contribution in [3.05, 3.63) is 27.6 Å². The third kappa shape index (κ3) is 2.83. The zero-order chi connectivity index (χ0) is 13.9. The minimum absolute atomic E-state index is 0.520. The van der Waals surface area contributed by atoms with Crippen LogP contribution >= 0.6 is 23.6 Å². The fourth-order valence-electron chi connectivity index (χ4n) is 2.32. The Labute approximate surface area is 126 Å². The Hall–Kier alpha value is -1.47. The molecule has 0 saturated carbocycles. The van der Waals surface area contributed by atoms with E-state index < -0.39 is 0 Å². The molecule has 1 saturated heterocycles. The Morgan fingerprint density at radius 2 is 2.15 bits per heavy atom. The van der Waals surface area contributed by atoms with Gasteiger partial charge in [-0.25, -0.2) is 0 Å². The molecule has 3 rings (SSSR count). The lowest BCUT2D eigenvalue weighted by atomic mass is 10.1. The molecule has 0 atom stereocenters. The molecule has 1 N–H and O–H groups in total. The molecule has 0 unspecified atom stereocenters. The summed E-state index contributed by atoms with van der Waals surface area (Å²) in [6.07, 6.45) is 5.79. The van der Waals surface area contributed by atoms with Gasteiger partial charge in [0, 0.05) is 18.0 Å². The SMILES string of the molecule is Cc1n[nH]c(=S)n1/N=C\c1ccc(N2CCCCC2)s1. The molecule has 0 aromatic carbocycles. The molecule has 20 heavy (non-hydrogen) atoms. The summed E-state index contributed by atoms with van der Waals surface area (Å²) < 4.78 is 2.15. The molecular formula is C13H17N5S2. The zero-order valence-corrected chi connectivity index (χ0v) is 13.0. The lowest BCUT2D eigenvalue weighted by Gasteiger charge is -2.27. The molecule has 0 radical (unpaired) electrons. The Balaban J connectivity index is 1.75. The quantitative estimate of drug-likeness (QED) is 0.700. The van der Waals surface area contributed by atoms with Crippen molar-refractivity contribution in [2.24, 2.45) is 5.10 Å². The van der Waals surface area contributed by atoms with E-state index in [4.69, 9.17) is 12.2 Å². The van der Waals surface area contributed by atoms with E-state index in [-0.39, 0.29) is 0 Å². The van der Waals surface area contributed by atoms with E-state index in [2.05, 4.69) is 32.3 Å². The number of rotatable bonds is 3. The molecule has 0 bridgehead atoms. The van der Waals surface area contributed by atoms with Crippen molar-refractivity contribution in [1.29, 1.82) is 0 Å². The van der Waals surface area contributed by atoms with Gasteiger partial charge in [-0.1, -0.05) is 0 Å². The molecule has 7 heteroatoms. The smallest absolute Gasteiger partial charge is 0.216 e. The maximum atomic E-state index is 5.12. The number of aromatic nitrogens is 3. The molecule has 5 nitrogen and oxygen atoms in total. The van der Waals surface area contributed by atoms with Gasteiger partial charge in [0.05, 0.1) is 11.2 Å². The van der Waals surface area contributed by atoms with Crippen LogP contribution in [0.2, 0.25) is 0 Å². The summed E-state index contributed by atoms with van der Waals surface area (Å²) >= 11 is 6.89. The van der Waals surface area contributed by atoms with E-state index in [0.717, 1.165) is 10.7 Å². The third-order valence-electron chi connectivity index (χ3n) is 3.39. The van der Waals surface area contributed by atoms with Crippen LogP contribution < -0.4 is 4.90 Å². The van der Waals surface area contributed by atoms with Crippen molar-refractivity contribution in [3.63, 3.8) is 0 Å². The zero-order valence-electron chi connectivity index (χ0n) is 11.4. The van der Waals surface area contributed by atoms with Gasteiger partial charge in [0.25, 0.3) is 0 Å². The number of nitrogens with zero attached hydrogens (tertiary/aromatic N) is 4. The van der Waals surface area contributed by atoms with Gasteiger partial charge in [-0.15, -0.1) is 11.3 Å². The van der Waals surface area contributed by atoms with Crippen LogP contribution in [-0.4, -0.2) is 34.2 Å².